The van der Waals surface area contributed by atoms with Crippen LogP contribution in [0.2, 0.25) is 0 Å². The van der Waals surface area contributed by atoms with Crippen LogP contribution in [0.4, 0.5) is 5.69 Å². The molecule has 0 spiro atoms. The lowest BCUT2D eigenvalue weighted by Gasteiger charge is -2.36. The van der Waals surface area contributed by atoms with E-state index in [1.165, 1.54) is 5.69 Å². The molecule has 1 aliphatic carbocycles. The monoisotopic (exact) mass is 414 g/mol. The van der Waals surface area contributed by atoms with E-state index in [2.05, 4.69) is 38.0 Å². The minimum atomic E-state index is 0.150. The Bertz CT molecular complexity index is 712. The van der Waals surface area contributed by atoms with Gasteiger partial charge in [-0.2, -0.15) is 0 Å². The fourth-order valence-corrected chi connectivity index (χ4v) is 3.47. The number of aliphatic imine (C=N–C) groups is 1. The van der Waals surface area contributed by atoms with Gasteiger partial charge in [-0.3, -0.25) is 14.6 Å². The second-order valence-electron chi connectivity index (χ2n) is 7.71. The lowest BCUT2D eigenvalue weighted by Crippen LogP contribution is -2.49. The van der Waals surface area contributed by atoms with Gasteiger partial charge in [0.1, 0.15) is 0 Å². The zero-order valence-corrected chi connectivity index (χ0v) is 17.9. The van der Waals surface area contributed by atoms with E-state index in [9.17, 15) is 9.59 Å². The maximum atomic E-state index is 12.5. The predicted octanol–water partition coefficient (Wildman–Crippen LogP) is 0.807. The third kappa shape index (κ3) is 6.93. The summed E-state index contributed by atoms with van der Waals surface area (Å²) in [4.78, 5) is 32.9. The van der Waals surface area contributed by atoms with Gasteiger partial charge in [-0.1, -0.05) is 18.2 Å². The van der Waals surface area contributed by atoms with Gasteiger partial charge in [-0.05, 0) is 31.9 Å². The molecule has 30 heavy (non-hydrogen) atoms. The largest absolute Gasteiger partial charge is 0.368 e. The topological polar surface area (TPSA) is 89.1 Å². The van der Waals surface area contributed by atoms with Crippen LogP contribution in [-0.2, 0) is 9.59 Å². The number of nitrogens with zero attached hydrogens (tertiary/aromatic N) is 3. The Labute approximate surface area is 179 Å². The maximum absolute atomic E-state index is 12.5. The number of amides is 2. The van der Waals surface area contributed by atoms with E-state index in [0.29, 0.717) is 32.0 Å². The van der Waals surface area contributed by atoms with Crippen LogP contribution in [0.3, 0.4) is 0 Å². The number of para-hydroxylation sites is 1. The Hall–Kier alpha value is -2.77. The third-order valence-electron chi connectivity index (χ3n) is 5.36. The van der Waals surface area contributed by atoms with Gasteiger partial charge >= 0.3 is 0 Å². The first kappa shape index (κ1) is 21.9. The molecule has 1 aliphatic heterocycles. The summed E-state index contributed by atoms with van der Waals surface area (Å²) < 4.78 is 0. The average molecular weight is 415 g/mol. The molecule has 0 unspecified atom stereocenters. The molecule has 2 fully saturated rings. The van der Waals surface area contributed by atoms with Gasteiger partial charge in [0.2, 0.25) is 11.8 Å². The highest BCUT2D eigenvalue weighted by Gasteiger charge is 2.29. The van der Waals surface area contributed by atoms with Crippen molar-refractivity contribution in [3.8, 4) is 0 Å². The highest BCUT2D eigenvalue weighted by Crippen LogP contribution is 2.28. The van der Waals surface area contributed by atoms with Crippen LogP contribution < -0.4 is 20.9 Å². The smallest absolute Gasteiger partial charge is 0.224 e. The number of guanidine groups is 1. The Morgan fingerprint density at radius 3 is 2.37 bits per heavy atom. The molecule has 1 aromatic carbocycles. The Balaban J connectivity index is 1.34. The Kier molecular flexibility index (Phi) is 8.35. The van der Waals surface area contributed by atoms with Crippen molar-refractivity contribution in [2.75, 3.05) is 57.3 Å². The van der Waals surface area contributed by atoms with Crippen LogP contribution >= 0.6 is 0 Å². The van der Waals surface area contributed by atoms with Gasteiger partial charge in [-0.25, -0.2) is 0 Å². The van der Waals surface area contributed by atoms with Crippen molar-refractivity contribution in [1.29, 1.82) is 0 Å². The zero-order valence-electron chi connectivity index (χ0n) is 17.9. The highest BCUT2D eigenvalue weighted by atomic mass is 16.2. The van der Waals surface area contributed by atoms with Crippen molar-refractivity contribution < 1.29 is 9.59 Å². The quantitative estimate of drug-likeness (QED) is 0.316. The van der Waals surface area contributed by atoms with E-state index in [0.717, 1.165) is 45.6 Å². The third-order valence-corrected chi connectivity index (χ3v) is 5.36. The molecule has 8 nitrogen and oxygen atoms in total. The molecular weight excluding hydrogens is 380 g/mol. The summed E-state index contributed by atoms with van der Waals surface area (Å²) >= 11 is 0. The number of carbonyl (C=O) groups excluding carboxylic acids is 2. The van der Waals surface area contributed by atoms with Gasteiger partial charge in [0, 0.05) is 63.8 Å². The molecule has 1 heterocycles. The van der Waals surface area contributed by atoms with Crippen LogP contribution in [0.5, 0.6) is 0 Å². The molecule has 0 bridgehead atoms. The number of hydrogen-bond acceptors (Lipinski definition) is 4. The molecule has 1 saturated heterocycles. The van der Waals surface area contributed by atoms with Crippen LogP contribution in [0, 0.1) is 5.92 Å². The molecule has 0 radical (unpaired) electrons. The minimum absolute atomic E-state index is 0.150. The van der Waals surface area contributed by atoms with Gasteiger partial charge in [-0.15, -0.1) is 0 Å². The number of carbonyl (C=O) groups is 2. The first-order valence-corrected chi connectivity index (χ1v) is 11.0. The van der Waals surface area contributed by atoms with E-state index in [1.807, 2.05) is 30.0 Å². The SMILES string of the molecule is CCNC(=NCCC(=O)N1CCN(c2ccccc2)CC1)NCCNC(=O)C1CC1. The number of rotatable bonds is 9. The fraction of sp³-hybridized carbons (Fsp3) is 0.591. The lowest BCUT2D eigenvalue weighted by atomic mass is 10.2. The summed E-state index contributed by atoms with van der Waals surface area (Å²) in [6.07, 6.45) is 2.43. The molecule has 2 amide bonds. The molecule has 0 atom stereocenters. The van der Waals surface area contributed by atoms with E-state index in [1.54, 1.807) is 0 Å². The fourth-order valence-electron chi connectivity index (χ4n) is 3.47. The zero-order chi connectivity index (χ0) is 21.2. The molecule has 3 N–H and O–H groups in total. The molecule has 2 aliphatic rings. The normalized spacial score (nSPS) is 16.9. The van der Waals surface area contributed by atoms with E-state index in [-0.39, 0.29) is 17.7 Å². The molecule has 3 rings (SSSR count). The summed E-state index contributed by atoms with van der Waals surface area (Å²) in [5.74, 6) is 1.21. The standard InChI is InChI=1S/C22H34N6O2/c1-2-23-22(26-13-12-24-21(30)18-8-9-18)25-11-10-20(29)28-16-14-27(15-17-28)19-6-4-3-5-7-19/h3-7,18H,2,8-17H2,1H3,(H,24,30)(H2,23,25,26). The van der Waals surface area contributed by atoms with Crippen LogP contribution in [0.25, 0.3) is 0 Å². The number of nitrogens with one attached hydrogen (secondary N) is 3. The summed E-state index contributed by atoms with van der Waals surface area (Å²) in [6.45, 7) is 7.59. The Morgan fingerprint density at radius 2 is 1.70 bits per heavy atom. The number of benzene rings is 1. The maximum Gasteiger partial charge on any atom is 0.224 e. The van der Waals surface area contributed by atoms with Crippen molar-refractivity contribution >= 4 is 23.5 Å². The molecule has 164 valence electrons. The first-order chi connectivity index (χ1) is 14.7. The van der Waals surface area contributed by atoms with Crippen molar-refractivity contribution in [2.24, 2.45) is 10.9 Å². The van der Waals surface area contributed by atoms with Gasteiger partial charge < -0.3 is 25.8 Å². The number of anilines is 1. The summed E-state index contributed by atoms with van der Waals surface area (Å²) in [5, 5.41) is 9.31. The molecule has 1 saturated carbocycles. The molecular formula is C22H34N6O2. The second-order valence-corrected chi connectivity index (χ2v) is 7.71. The van der Waals surface area contributed by atoms with Crippen molar-refractivity contribution in [1.82, 2.24) is 20.9 Å². The molecule has 1 aromatic rings. The van der Waals surface area contributed by atoms with Crippen molar-refractivity contribution in [3.05, 3.63) is 30.3 Å². The summed E-state index contributed by atoms with van der Waals surface area (Å²) in [5.41, 5.74) is 1.21. The van der Waals surface area contributed by atoms with Gasteiger partial charge in [0.15, 0.2) is 5.96 Å². The second kappa shape index (κ2) is 11.4. The van der Waals surface area contributed by atoms with E-state index >= 15 is 0 Å². The minimum Gasteiger partial charge on any atom is -0.368 e. The summed E-state index contributed by atoms with van der Waals surface area (Å²) in [6, 6.07) is 10.3. The predicted molar refractivity (Wildman–Crippen MR) is 120 cm³/mol. The lowest BCUT2D eigenvalue weighted by molar-refractivity contribution is -0.131. The van der Waals surface area contributed by atoms with Gasteiger partial charge in [0.05, 0.1) is 6.54 Å². The van der Waals surface area contributed by atoms with Crippen LogP contribution in [-0.4, -0.2) is 75.0 Å². The first-order valence-electron chi connectivity index (χ1n) is 11.0. The van der Waals surface area contributed by atoms with Gasteiger partial charge in [0.25, 0.3) is 0 Å². The van der Waals surface area contributed by atoms with E-state index in [4.69, 9.17) is 0 Å². The highest BCUT2D eigenvalue weighted by molar-refractivity contribution is 5.82. The van der Waals surface area contributed by atoms with Crippen molar-refractivity contribution in [3.63, 3.8) is 0 Å². The number of hydrogen-bond donors (Lipinski definition) is 3. The number of piperazine rings is 1. The van der Waals surface area contributed by atoms with E-state index < -0.39 is 0 Å². The average Bonchev–Trinajstić information content (AvgIpc) is 3.63. The molecule has 8 heteroatoms. The summed E-state index contributed by atoms with van der Waals surface area (Å²) in [7, 11) is 0. The van der Waals surface area contributed by atoms with Crippen molar-refractivity contribution in [2.45, 2.75) is 26.2 Å². The molecule has 0 aromatic heterocycles. The Morgan fingerprint density at radius 1 is 1.00 bits per heavy atom. The van der Waals surface area contributed by atoms with Crippen LogP contribution in [0.1, 0.15) is 26.2 Å². The van der Waals surface area contributed by atoms with Crippen LogP contribution in [0.15, 0.2) is 35.3 Å².